The number of hydrogen-bond acceptors (Lipinski definition) is 6. The van der Waals surface area contributed by atoms with Crippen LogP contribution in [0.4, 0.5) is 5.69 Å². The van der Waals surface area contributed by atoms with Gasteiger partial charge in [-0.2, -0.15) is 9.78 Å². The van der Waals surface area contributed by atoms with Crippen LogP contribution in [0.3, 0.4) is 0 Å². The summed E-state index contributed by atoms with van der Waals surface area (Å²) in [6.45, 7) is 0. The molecule has 0 radical (unpaired) electrons. The highest BCUT2D eigenvalue weighted by Gasteiger charge is 2.17. The molecule has 3 aromatic rings. The fourth-order valence-electron chi connectivity index (χ4n) is 2.22. The van der Waals surface area contributed by atoms with Gasteiger partial charge in [-0.3, -0.25) is 14.9 Å². The number of rotatable bonds is 3. The largest absolute Gasteiger partial charge is 0.502 e. The molecule has 0 amide bonds. The second kappa shape index (κ2) is 6.46. The highest BCUT2D eigenvalue weighted by Crippen LogP contribution is 2.32. The minimum atomic E-state index is -0.771. The number of benzene rings is 2. The maximum atomic E-state index is 12.5. The number of hydrogen-bond donors (Lipinski definition) is 2. The molecular weight excluding hydrogens is 368 g/mol. The van der Waals surface area contributed by atoms with Crippen molar-refractivity contribution in [3.63, 3.8) is 0 Å². The number of nitrogens with one attached hydrogen (secondary N) is 1. The van der Waals surface area contributed by atoms with Crippen LogP contribution in [0.15, 0.2) is 46.3 Å². The summed E-state index contributed by atoms with van der Waals surface area (Å²) in [5.41, 5.74) is -0.490. The Kier molecular flexibility index (Phi) is 4.34. The van der Waals surface area contributed by atoms with Crippen LogP contribution in [0.1, 0.15) is 5.56 Å². The number of phenolic OH excluding ortho intramolecular Hbond substituents is 1. The van der Waals surface area contributed by atoms with Crippen molar-refractivity contribution in [2.45, 2.75) is 0 Å². The first kappa shape index (κ1) is 16.8. The molecule has 2 aromatic carbocycles. The number of phenols is 1. The number of nitro benzene ring substituents is 1. The van der Waals surface area contributed by atoms with Crippen molar-refractivity contribution >= 4 is 46.6 Å². The SMILES string of the molecule is O=c1c2ccccc2[nH]c(=S)n1/N=C\c1cc(Cl)cc([N+](=O)[O-])c1O. The van der Waals surface area contributed by atoms with E-state index in [1.807, 2.05) is 0 Å². The van der Waals surface area contributed by atoms with Gasteiger partial charge in [0.2, 0.25) is 10.5 Å². The minimum Gasteiger partial charge on any atom is -0.502 e. The Morgan fingerprint density at radius 3 is 2.80 bits per heavy atom. The number of nitro groups is 1. The predicted molar refractivity (Wildman–Crippen MR) is 96.2 cm³/mol. The zero-order valence-corrected chi connectivity index (χ0v) is 13.9. The molecule has 0 unspecified atom stereocenters. The van der Waals surface area contributed by atoms with E-state index in [1.54, 1.807) is 24.3 Å². The Morgan fingerprint density at radius 2 is 2.08 bits per heavy atom. The molecule has 25 heavy (non-hydrogen) atoms. The molecule has 126 valence electrons. The second-order valence-corrected chi connectivity index (χ2v) is 5.78. The summed E-state index contributed by atoms with van der Waals surface area (Å²) >= 11 is 10.9. The van der Waals surface area contributed by atoms with Gasteiger partial charge in [0.15, 0.2) is 0 Å². The Labute approximate surface area is 149 Å². The maximum absolute atomic E-state index is 12.5. The number of aromatic amines is 1. The van der Waals surface area contributed by atoms with Crippen LogP contribution in [-0.4, -0.2) is 25.9 Å². The summed E-state index contributed by atoms with van der Waals surface area (Å²) in [4.78, 5) is 25.5. The number of aromatic nitrogens is 2. The van der Waals surface area contributed by atoms with Crippen molar-refractivity contribution in [2.75, 3.05) is 0 Å². The summed E-state index contributed by atoms with van der Waals surface area (Å²) in [6.07, 6.45) is 1.08. The second-order valence-electron chi connectivity index (χ2n) is 4.96. The van der Waals surface area contributed by atoms with Crippen LogP contribution < -0.4 is 5.56 Å². The maximum Gasteiger partial charge on any atom is 0.312 e. The summed E-state index contributed by atoms with van der Waals surface area (Å²) < 4.78 is 0.958. The van der Waals surface area contributed by atoms with E-state index >= 15 is 0 Å². The molecule has 2 N–H and O–H groups in total. The highest BCUT2D eigenvalue weighted by molar-refractivity contribution is 7.71. The molecule has 0 atom stereocenters. The number of halogens is 1. The van der Waals surface area contributed by atoms with Gasteiger partial charge in [0.1, 0.15) is 0 Å². The first-order valence-electron chi connectivity index (χ1n) is 6.84. The van der Waals surface area contributed by atoms with Crippen LogP contribution in [0.5, 0.6) is 5.75 Å². The lowest BCUT2D eigenvalue weighted by molar-refractivity contribution is -0.385. The van der Waals surface area contributed by atoms with Crippen molar-refractivity contribution < 1.29 is 10.0 Å². The number of nitrogens with zero attached hydrogens (tertiary/aromatic N) is 3. The molecule has 0 fully saturated rings. The average molecular weight is 377 g/mol. The molecular formula is C15H9ClN4O4S. The van der Waals surface area contributed by atoms with E-state index in [4.69, 9.17) is 23.8 Å². The summed E-state index contributed by atoms with van der Waals surface area (Å²) in [5, 5.41) is 25.2. The van der Waals surface area contributed by atoms with E-state index in [2.05, 4.69) is 10.1 Å². The molecule has 0 aliphatic carbocycles. The van der Waals surface area contributed by atoms with E-state index < -0.39 is 21.9 Å². The van der Waals surface area contributed by atoms with E-state index in [9.17, 15) is 20.0 Å². The van der Waals surface area contributed by atoms with Crippen LogP contribution in [-0.2, 0) is 0 Å². The van der Waals surface area contributed by atoms with Gasteiger partial charge in [-0.1, -0.05) is 23.7 Å². The molecule has 0 aliphatic heterocycles. The van der Waals surface area contributed by atoms with Crippen LogP contribution in [0.2, 0.25) is 5.02 Å². The summed E-state index contributed by atoms with van der Waals surface area (Å²) in [6, 6.07) is 9.06. The zero-order valence-electron chi connectivity index (χ0n) is 12.3. The first-order chi connectivity index (χ1) is 11.9. The van der Waals surface area contributed by atoms with E-state index in [-0.39, 0.29) is 15.4 Å². The van der Waals surface area contributed by atoms with Gasteiger partial charge in [-0.05, 0) is 30.4 Å². The predicted octanol–water partition coefficient (Wildman–Crippen LogP) is 3.21. The Balaban J connectivity index is 2.16. The average Bonchev–Trinajstić information content (AvgIpc) is 2.57. The van der Waals surface area contributed by atoms with E-state index in [0.29, 0.717) is 10.9 Å². The Hall–Kier alpha value is -3.04. The highest BCUT2D eigenvalue weighted by atomic mass is 35.5. The van der Waals surface area contributed by atoms with Gasteiger partial charge in [-0.15, -0.1) is 0 Å². The third-order valence-electron chi connectivity index (χ3n) is 3.38. The van der Waals surface area contributed by atoms with Crippen LogP contribution in [0.25, 0.3) is 10.9 Å². The van der Waals surface area contributed by atoms with Crippen molar-refractivity contribution in [3.8, 4) is 5.75 Å². The molecule has 0 aliphatic rings. The molecule has 8 nitrogen and oxygen atoms in total. The zero-order chi connectivity index (χ0) is 18.1. The molecule has 1 aromatic heterocycles. The summed E-state index contributed by atoms with van der Waals surface area (Å²) in [7, 11) is 0. The van der Waals surface area contributed by atoms with Crippen molar-refractivity contribution in [2.24, 2.45) is 5.10 Å². The topological polar surface area (TPSA) is 114 Å². The van der Waals surface area contributed by atoms with Gasteiger partial charge in [0, 0.05) is 16.7 Å². The normalized spacial score (nSPS) is 11.2. The lowest BCUT2D eigenvalue weighted by Gasteiger charge is -2.04. The van der Waals surface area contributed by atoms with Gasteiger partial charge < -0.3 is 10.1 Å². The van der Waals surface area contributed by atoms with Crippen LogP contribution >= 0.6 is 23.8 Å². The molecule has 0 saturated heterocycles. The van der Waals surface area contributed by atoms with Crippen molar-refractivity contribution in [1.29, 1.82) is 0 Å². The number of para-hydroxylation sites is 1. The number of H-pyrrole nitrogens is 1. The quantitative estimate of drug-likeness (QED) is 0.315. The monoisotopic (exact) mass is 376 g/mol. The van der Waals surface area contributed by atoms with Crippen molar-refractivity contribution in [3.05, 3.63) is 72.2 Å². The van der Waals surface area contributed by atoms with E-state index in [0.717, 1.165) is 17.0 Å². The van der Waals surface area contributed by atoms with Crippen molar-refractivity contribution in [1.82, 2.24) is 9.66 Å². The smallest absolute Gasteiger partial charge is 0.312 e. The molecule has 0 spiro atoms. The van der Waals surface area contributed by atoms with Gasteiger partial charge in [0.25, 0.3) is 5.56 Å². The van der Waals surface area contributed by atoms with Gasteiger partial charge in [-0.25, -0.2) is 0 Å². The fraction of sp³-hybridized carbons (Fsp3) is 0. The van der Waals surface area contributed by atoms with Gasteiger partial charge in [0.05, 0.1) is 22.0 Å². The fourth-order valence-corrected chi connectivity index (χ4v) is 2.68. The Morgan fingerprint density at radius 1 is 1.36 bits per heavy atom. The standard InChI is InChI=1S/C15H9ClN4O4S/c16-9-5-8(13(21)12(6-9)20(23)24)7-17-19-14(22)10-3-1-2-4-11(10)18-15(19)25/h1-7,21H,(H,18,25)/b17-7-. The van der Waals surface area contributed by atoms with Gasteiger partial charge >= 0.3 is 5.69 Å². The summed E-state index contributed by atoms with van der Waals surface area (Å²) in [5.74, 6) is -0.609. The third-order valence-corrected chi connectivity index (χ3v) is 3.87. The molecule has 1 heterocycles. The third kappa shape index (κ3) is 3.14. The molecule has 0 saturated carbocycles. The van der Waals surface area contributed by atoms with Crippen LogP contribution in [0, 0.1) is 14.9 Å². The minimum absolute atomic E-state index is 0.0198. The number of fused-ring (bicyclic) bond motifs is 1. The molecule has 10 heteroatoms. The first-order valence-corrected chi connectivity index (χ1v) is 7.62. The lowest BCUT2D eigenvalue weighted by atomic mass is 10.2. The van der Waals surface area contributed by atoms with E-state index in [1.165, 1.54) is 6.07 Å². The molecule has 3 rings (SSSR count). The lowest BCUT2D eigenvalue weighted by Crippen LogP contribution is -2.18. The molecule has 0 bridgehead atoms. The Bertz CT molecular complexity index is 1150. The number of aromatic hydroxyl groups is 1.